The Morgan fingerprint density at radius 3 is 2.47 bits per heavy atom. The zero-order valence-corrected chi connectivity index (χ0v) is 12.9. The van der Waals surface area contributed by atoms with Gasteiger partial charge in [-0.2, -0.15) is 0 Å². The van der Waals surface area contributed by atoms with Crippen LogP contribution in [0.2, 0.25) is 0 Å². The molecule has 5 nitrogen and oxygen atoms in total. The van der Waals surface area contributed by atoms with E-state index < -0.39 is 0 Å². The molecule has 0 atom stereocenters. The van der Waals surface area contributed by atoms with Crippen molar-refractivity contribution in [1.29, 1.82) is 0 Å². The van der Waals surface area contributed by atoms with Gasteiger partial charge in [-0.1, -0.05) is 20.8 Å². The molecule has 0 saturated carbocycles. The number of benzene rings is 1. The zero-order valence-electron chi connectivity index (χ0n) is 11.3. The summed E-state index contributed by atoms with van der Waals surface area (Å²) in [5.41, 5.74) is 6.38. The number of fused-ring (bicyclic) bond motifs is 1. The van der Waals surface area contributed by atoms with Crippen molar-refractivity contribution in [2.45, 2.75) is 26.2 Å². The van der Waals surface area contributed by atoms with E-state index in [4.69, 9.17) is 10.5 Å². The van der Waals surface area contributed by atoms with Gasteiger partial charge >= 0.3 is 0 Å². The molecule has 6 heteroatoms. The van der Waals surface area contributed by atoms with Crippen LogP contribution in [0.15, 0.2) is 10.5 Å². The lowest BCUT2D eigenvalue weighted by Gasteiger charge is -2.18. The second-order valence-corrected chi connectivity index (χ2v) is 6.11. The van der Waals surface area contributed by atoms with E-state index in [9.17, 15) is 5.11 Å². The van der Waals surface area contributed by atoms with Gasteiger partial charge in [0.15, 0.2) is 11.5 Å². The van der Waals surface area contributed by atoms with E-state index in [1.807, 2.05) is 20.8 Å². The van der Waals surface area contributed by atoms with Gasteiger partial charge in [-0.05, 0) is 22.0 Å². The maximum atomic E-state index is 9.88. The molecular formula is C13H16BrN3O2. The first-order valence-corrected chi connectivity index (χ1v) is 6.58. The molecule has 0 amide bonds. The Labute approximate surface area is 119 Å². The van der Waals surface area contributed by atoms with Gasteiger partial charge in [0.1, 0.15) is 11.6 Å². The summed E-state index contributed by atoms with van der Waals surface area (Å²) in [6, 6.07) is 1.51. The van der Waals surface area contributed by atoms with Crippen molar-refractivity contribution < 1.29 is 9.84 Å². The van der Waals surface area contributed by atoms with Crippen molar-refractivity contribution in [3.8, 4) is 11.5 Å². The summed E-state index contributed by atoms with van der Waals surface area (Å²) >= 11 is 3.40. The molecule has 1 aromatic carbocycles. The number of aromatic hydroxyl groups is 1. The van der Waals surface area contributed by atoms with Crippen molar-refractivity contribution in [2.24, 2.45) is 0 Å². The minimum absolute atomic E-state index is 0.000633. The number of hydrogen-bond acceptors (Lipinski definition) is 5. The molecule has 0 radical (unpaired) electrons. The third-order valence-electron chi connectivity index (χ3n) is 2.77. The van der Waals surface area contributed by atoms with Crippen LogP contribution in [-0.2, 0) is 5.41 Å². The van der Waals surface area contributed by atoms with E-state index in [0.29, 0.717) is 32.8 Å². The van der Waals surface area contributed by atoms with Crippen molar-refractivity contribution in [1.82, 2.24) is 9.97 Å². The van der Waals surface area contributed by atoms with E-state index >= 15 is 0 Å². The Bertz CT molecular complexity index is 651. The largest absolute Gasteiger partial charge is 0.504 e. The molecule has 0 saturated heterocycles. The van der Waals surface area contributed by atoms with Crippen molar-refractivity contribution in [2.75, 3.05) is 12.8 Å². The summed E-state index contributed by atoms with van der Waals surface area (Å²) in [5.74, 6) is 1.32. The molecule has 1 aromatic heterocycles. The predicted octanol–water partition coefficient (Wildman–Crippen LogP) is 2.99. The van der Waals surface area contributed by atoms with Crippen LogP contribution >= 0.6 is 15.9 Å². The fourth-order valence-corrected chi connectivity index (χ4v) is 2.42. The molecule has 19 heavy (non-hydrogen) atoms. The minimum atomic E-state index is -0.215. The van der Waals surface area contributed by atoms with E-state index in [1.165, 1.54) is 13.2 Å². The second-order valence-electron chi connectivity index (χ2n) is 5.32. The zero-order chi connectivity index (χ0) is 14.4. The van der Waals surface area contributed by atoms with Crippen LogP contribution in [0.25, 0.3) is 10.9 Å². The molecule has 0 aliphatic heterocycles. The first-order chi connectivity index (χ1) is 8.75. The minimum Gasteiger partial charge on any atom is -0.504 e. The van der Waals surface area contributed by atoms with Gasteiger partial charge in [0.25, 0.3) is 0 Å². The summed E-state index contributed by atoms with van der Waals surface area (Å²) in [4.78, 5) is 8.83. The Hall–Kier alpha value is -1.56. The highest BCUT2D eigenvalue weighted by molar-refractivity contribution is 9.10. The number of aromatic nitrogens is 2. The number of phenols is 1. The molecule has 1 heterocycles. The fraction of sp³-hybridized carbons (Fsp3) is 0.385. The summed E-state index contributed by atoms with van der Waals surface area (Å²) in [5, 5.41) is 10.5. The van der Waals surface area contributed by atoms with Crippen LogP contribution in [0.4, 0.5) is 5.82 Å². The van der Waals surface area contributed by atoms with Gasteiger partial charge in [-0.15, -0.1) is 0 Å². The Kier molecular flexibility index (Phi) is 3.30. The third-order valence-corrected chi connectivity index (χ3v) is 3.51. The Morgan fingerprint density at radius 1 is 1.32 bits per heavy atom. The van der Waals surface area contributed by atoms with Crippen LogP contribution < -0.4 is 10.5 Å². The molecule has 102 valence electrons. The number of nitrogens with two attached hydrogens (primary N) is 1. The van der Waals surface area contributed by atoms with Crippen LogP contribution in [0.1, 0.15) is 26.6 Å². The first kappa shape index (κ1) is 13.9. The number of nitrogens with zero attached hydrogens (tertiary/aromatic N) is 2. The topological polar surface area (TPSA) is 81.3 Å². The van der Waals surface area contributed by atoms with Gasteiger partial charge < -0.3 is 15.6 Å². The summed E-state index contributed by atoms with van der Waals surface area (Å²) in [6.45, 7) is 6.04. The number of halogens is 1. The monoisotopic (exact) mass is 325 g/mol. The number of rotatable bonds is 1. The molecule has 0 bridgehead atoms. The molecule has 2 aromatic rings. The lowest BCUT2D eigenvalue weighted by atomic mass is 9.95. The van der Waals surface area contributed by atoms with Crippen LogP contribution in [0.5, 0.6) is 11.5 Å². The average molecular weight is 326 g/mol. The lowest BCUT2D eigenvalue weighted by Crippen LogP contribution is -2.17. The molecular weight excluding hydrogens is 310 g/mol. The number of anilines is 1. The smallest absolute Gasteiger partial charge is 0.176 e. The maximum Gasteiger partial charge on any atom is 0.176 e. The highest BCUT2D eigenvalue weighted by Gasteiger charge is 2.22. The van der Waals surface area contributed by atoms with Crippen molar-refractivity contribution >= 4 is 32.7 Å². The summed E-state index contributed by atoms with van der Waals surface area (Å²) in [6.07, 6.45) is 0. The molecule has 0 unspecified atom stereocenters. The molecule has 0 aliphatic carbocycles. The lowest BCUT2D eigenvalue weighted by molar-refractivity contribution is 0.372. The summed E-state index contributed by atoms with van der Waals surface area (Å²) in [7, 11) is 1.49. The number of hydrogen-bond donors (Lipinski definition) is 2. The standard InChI is InChI=1S/C13H16BrN3O2/c1-13(2,3)12-16-9-6(11(15)17-12)5-7(18)10(19-4)8(9)14/h5,18H,1-4H3,(H2,15,16,17). The second kappa shape index (κ2) is 4.52. The van der Waals surface area contributed by atoms with Crippen molar-refractivity contribution in [3.05, 3.63) is 16.4 Å². The highest BCUT2D eigenvalue weighted by Crippen LogP contribution is 2.41. The van der Waals surface area contributed by atoms with Crippen LogP contribution in [-0.4, -0.2) is 22.2 Å². The van der Waals surface area contributed by atoms with Gasteiger partial charge in [0.2, 0.25) is 0 Å². The van der Waals surface area contributed by atoms with Crippen LogP contribution in [0.3, 0.4) is 0 Å². The molecule has 0 aliphatic rings. The van der Waals surface area contributed by atoms with Crippen molar-refractivity contribution in [3.63, 3.8) is 0 Å². The maximum absolute atomic E-state index is 9.88. The molecule has 3 N–H and O–H groups in total. The quantitative estimate of drug-likeness (QED) is 0.842. The van der Waals surface area contributed by atoms with Gasteiger partial charge in [-0.25, -0.2) is 9.97 Å². The van der Waals surface area contributed by atoms with E-state index in [-0.39, 0.29) is 11.2 Å². The molecule has 0 spiro atoms. The third kappa shape index (κ3) is 2.32. The van der Waals surface area contributed by atoms with E-state index in [2.05, 4.69) is 25.9 Å². The van der Waals surface area contributed by atoms with Gasteiger partial charge in [0.05, 0.1) is 17.1 Å². The number of phenolic OH excluding ortho intramolecular Hbond substituents is 1. The summed E-state index contributed by atoms with van der Waals surface area (Å²) < 4.78 is 5.72. The molecule has 0 fully saturated rings. The Morgan fingerprint density at radius 2 is 1.95 bits per heavy atom. The average Bonchev–Trinajstić information content (AvgIpc) is 2.29. The van der Waals surface area contributed by atoms with Gasteiger partial charge in [0, 0.05) is 10.8 Å². The predicted molar refractivity (Wildman–Crippen MR) is 78.6 cm³/mol. The van der Waals surface area contributed by atoms with Crippen LogP contribution in [0, 0.1) is 0 Å². The highest BCUT2D eigenvalue weighted by atomic mass is 79.9. The molecule has 2 rings (SSSR count). The number of methoxy groups -OCH3 is 1. The number of ether oxygens (including phenoxy) is 1. The fourth-order valence-electron chi connectivity index (χ4n) is 1.75. The number of nitrogen functional groups attached to an aromatic ring is 1. The van der Waals surface area contributed by atoms with E-state index in [0.717, 1.165) is 0 Å². The normalized spacial score (nSPS) is 11.8. The van der Waals surface area contributed by atoms with E-state index in [1.54, 1.807) is 0 Å². The first-order valence-electron chi connectivity index (χ1n) is 5.79. The SMILES string of the molecule is COc1c(O)cc2c(N)nc(C(C)(C)C)nc2c1Br. The Balaban J connectivity index is 2.87. The van der Waals surface area contributed by atoms with Gasteiger partial charge in [-0.3, -0.25) is 0 Å².